The van der Waals surface area contributed by atoms with Gasteiger partial charge in [-0.3, -0.25) is 0 Å². The number of nitrogens with zero attached hydrogens (tertiary/aromatic N) is 2. The van der Waals surface area contributed by atoms with Crippen molar-refractivity contribution >= 4 is 0 Å². The number of benzene rings is 2. The highest BCUT2D eigenvalue weighted by molar-refractivity contribution is 5.40. The lowest BCUT2D eigenvalue weighted by molar-refractivity contribution is 0.482. The average molecular weight is 264 g/mol. The normalized spacial score (nSPS) is 10.5. The number of ether oxygens (including phenoxy) is 1. The molecule has 0 atom stereocenters. The monoisotopic (exact) mass is 264 g/mol. The van der Waals surface area contributed by atoms with E-state index < -0.39 is 0 Å². The van der Waals surface area contributed by atoms with Gasteiger partial charge in [-0.1, -0.05) is 18.2 Å². The molecule has 0 spiro atoms. The highest BCUT2D eigenvalue weighted by atomic mass is 16.5. The van der Waals surface area contributed by atoms with Crippen molar-refractivity contribution in [3.63, 3.8) is 0 Å². The molecule has 2 aromatic carbocycles. The maximum atomic E-state index is 5.77. The summed E-state index contributed by atoms with van der Waals surface area (Å²) in [6.07, 6.45) is 0. The van der Waals surface area contributed by atoms with Gasteiger partial charge in [0, 0.05) is 5.69 Å². The Balaban J connectivity index is 1.83. The minimum Gasteiger partial charge on any atom is -0.457 e. The standard InChI is InChI=1S/C17H16N2O/c1-13-12-14(2)19(18-13)15-8-10-17(11-9-15)20-16-6-4-3-5-7-16/h3-12H,1-2H3. The van der Waals surface area contributed by atoms with Gasteiger partial charge >= 0.3 is 0 Å². The number of hydrogen-bond acceptors (Lipinski definition) is 2. The molecule has 0 aliphatic carbocycles. The molecule has 0 amide bonds. The van der Waals surface area contributed by atoms with Crippen LogP contribution in [0.3, 0.4) is 0 Å². The summed E-state index contributed by atoms with van der Waals surface area (Å²) in [6.45, 7) is 4.05. The molecule has 20 heavy (non-hydrogen) atoms. The minimum absolute atomic E-state index is 0.821. The van der Waals surface area contributed by atoms with Crippen LogP contribution in [0.1, 0.15) is 11.4 Å². The van der Waals surface area contributed by atoms with E-state index in [0.717, 1.165) is 28.6 Å². The van der Waals surface area contributed by atoms with Crippen molar-refractivity contribution in [3.8, 4) is 17.2 Å². The highest BCUT2D eigenvalue weighted by Gasteiger charge is 2.04. The lowest BCUT2D eigenvalue weighted by Gasteiger charge is -2.08. The molecule has 100 valence electrons. The van der Waals surface area contributed by atoms with Crippen LogP contribution in [0.4, 0.5) is 0 Å². The first-order valence-electron chi connectivity index (χ1n) is 6.59. The predicted molar refractivity (Wildman–Crippen MR) is 79.6 cm³/mol. The first-order valence-corrected chi connectivity index (χ1v) is 6.59. The van der Waals surface area contributed by atoms with Crippen molar-refractivity contribution < 1.29 is 4.74 Å². The SMILES string of the molecule is Cc1cc(C)n(-c2ccc(Oc3ccccc3)cc2)n1. The van der Waals surface area contributed by atoms with E-state index in [2.05, 4.69) is 11.2 Å². The highest BCUT2D eigenvalue weighted by Crippen LogP contribution is 2.22. The molecule has 0 radical (unpaired) electrons. The maximum Gasteiger partial charge on any atom is 0.127 e. The van der Waals surface area contributed by atoms with Crippen LogP contribution in [0.15, 0.2) is 60.7 Å². The Kier molecular flexibility index (Phi) is 3.25. The number of aromatic nitrogens is 2. The van der Waals surface area contributed by atoms with Gasteiger partial charge in [-0.15, -0.1) is 0 Å². The van der Waals surface area contributed by atoms with Crippen molar-refractivity contribution in [2.75, 3.05) is 0 Å². The molecule has 0 saturated heterocycles. The summed E-state index contributed by atoms with van der Waals surface area (Å²) in [6, 6.07) is 19.8. The number of rotatable bonds is 3. The van der Waals surface area contributed by atoms with Crippen LogP contribution < -0.4 is 4.74 Å². The summed E-state index contributed by atoms with van der Waals surface area (Å²) < 4.78 is 7.71. The largest absolute Gasteiger partial charge is 0.457 e. The van der Waals surface area contributed by atoms with E-state index in [1.165, 1.54) is 0 Å². The molecule has 3 rings (SSSR count). The third kappa shape index (κ3) is 2.57. The van der Waals surface area contributed by atoms with Gasteiger partial charge in [-0.05, 0) is 56.3 Å². The summed E-state index contributed by atoms with van der Waals surface area (Å²) in [7, 11) is 0. The second-order valence-corrected chi connectivity index (χ2v) is 4.75. The van der Waals surface area contributed by atoms with Gasteiger partial charge in [0.2, 0.25) is 0 Å². The minimum atomic E-state index is 0.821. The van der Waals surface area contributed by atoms with Crippen LogP contribution in [0.2, 0.25) is 0 Å². The summed E-state index contributed by atoms with van der Waals surface area (Å²) >= 11 is 0. The third-order valence-corrected chi connectivity index (χ3v) is 3.07. The van der Waals surface area contributed by atoms with Gasteiger partial charge < -0.3 is 4.74 Å². The van der Waals surface area contributed by atoms with E-state index in [4.69, 9.17) is 4.74 Å². The smallest absolute Gasteiger partial charge is 0.127 e. The Morgan fingerprint density at radius 2 is 1.50 bits per heavy atom. The van der Waals surface area contributed by atoms with Gasteiger partial charge in [0.1, 0.15) is 11.5 Å². The number of para-hydroxylation sites is 1. The van der Waals surface area contributed by atoms with E-state index in [-0.39, 0.29) is 0 Å². The second kappa shape index (κ2) is 5.21. The topological polar surface area (TPSA) is 27.1 Å². The van der Waals surface area contributed by atoms with E-state index in [1.807, 2.05) is 73.1 Å². The van der Waals surface area contributed by atoms with Crippen LogP contribution in [-0.2, 0) is 0 Å². The van der Waals surface area contributed by atoms with Crippen LogP contribution >= 0.6 is 0 Å². The van der Waals surface area contributed by atoms with Gasteiger partial charge in [-0.25, -0.2) is 4.68 Å². The molecule has 3 heteroatoms. The molecule has 3 aromatic rings. The van der Waals surface area contributed by atoms with Crippen molar-refractivity contribution in [1.82, 2.24) is 9.78 Å². The first-order chi connectivity index (χ1) is 9.72. The molecule has 0 N–H and O–H groups in total. The summed E-state index contributed by atoms with van der Waals surface area (Å²) in [5, 5.41) is 4.47. The number of aryl methyl sites for hydroxylation is 2. The molecule has 0 fully saturated rings. The Morgan fingerprint density at radius 3 is 2.10 bits per heavy atom. The van der Waals surface area contributed by atoms with Gasteiger partial charge in [-0.2, -0.15) is 5.10 Å². The zero-order chi connectivity index (χ0) is 13.9. The molecule has 0 aliphatic rings. The van der Waals surface area contributed by atoms with E-state index in [0.29, 0.717) is 0 Å². The van der Waals surface area contributed by atoms with Gasteiger partial charge in [0.15, 0.2) is 0 Å². The van der Waals surface area contributed by atoms with Crippen LogP contribution in [0, 0.1) is 13.8 Å². The summed E-state index contributed by atoms with van der Waals surface area (Å²) in [5.74, 6) is 1.66. The lowest BCUT2D eigenvalue weighted by atomic mass is 10.3. The Labute approximate surface area is 118 Å². The molecule has 1 heterocycles. The molecule has 1 aromatic heterocycles. The average Bonchev–Trinajstić information content (AvgIpc) is 2.80. The molecule has 0 bridgehead atoms. The Morgan fingerprint density at radius 1 is 0.850 bits per heavy atom. The van der Waals surface area contributed by atoms with Gasteiger partial charge in [0.05, 0.1) is 11.4 Å². The van der Waals surface area contributed by atoms with E-state index in [9.17, 15) is 0 Å². The summed E-state index contributed by atoms with van der Waals surface area (Å²) in [4.78, 5) is 0. The molecular weight excluding hydrogens is 248 g/mol. The predicted octanol–water partition coefficient (Wildman–Crippen LogP) is 4.28. The van der Waals surface area contributed by atoms with E-state index in [1.54, 1.807) is 0 Å². The molecular formula is C17H16N2O. The van der Waals surface area contributed by atoms with Gasteiger partial charge in [0.25, 0.3) is 0 Å². The van der Waals surface area contributed by atoms with Crippen LogP contribution in [-0.4, -0.2) is 9.78 Å². The lowest BCUT2D eigenvalue weighted by Crippen LogP contribution is -1.98. The molecule has 0 saturated carbocycles. The van der Waals surface area contributed by atoms with Crippen LogP contribution in [0.25, 0.3) is 5.69 Å². The maximum absolute atomic E-state index is 5.77. The molecule has 0 aliphatic heterocycles. The van der Waals surface area contributed by atoms with Crippen LogP contribution in [0.5, 0.6) is 11.5 Å². The fourth-order valence-electron chi connectivity index (χ4n) is 2.17. The quantitative estimate of drug-likeness (QED) is 0.706. The Hall–Kier alpha value is -2.55. The molecule has 3 nitrogen and oxygen atoms in total. The van der Waals surface area contributed by atoms with Crippen molar-refractivity contribution in [1.29, 1.82) is 0 Å². The van der Waals surface area contributed by atoms with Crippen molar-refractivity contribution in [3.05, 3.63) is 72.1 Å². The van der Waals surface area contributed by atoms with Crippen molar-refractivity contribution in [2.45, 2.75) is 13.8 Å². The Bertz CT molecular complexity index is 700. The number of hydrogen-bond donors (Lipinski definition) is 0. The third-order valence-electron chi connectivity index (χ3n) is 3.07. The zero-order valence-corrected chi connectivity index (χ0v) is 11.6. The fourth-order valence-corrected chi connectivity index (χ4v) is 2.17. The second-order valence-electron chi connectivity index (χ2n) is 4.75. The molecule has 0 unspecified atom stereocenters. The fraction of sp³-hybridized carbons (Fsp3) is 0.118. The van der Waals surface area contributed by atoms with E-state index >= 15 is 0 Å². The van der Waals surface area contributed by atoms with Crippen molar-refractivity contribution in [2.24, 2.45) is 0 Å². The first kappa shape index (κ1) is 12.5. The summed E-state index contributed by atoms with van der Waals surface area (Å²) in [5.41, 5.74) is 3.18. The zero-order valence-electron chi connectivity index (χ0n) is 11.6.